The summed E-state index contributed by atoms with van der Waals surface area (Å²) in [6.07, 6.45) is 1.45. The Morgan fingerprint density at radius 3 is 2.65 bits per heavy atom. The number of esters is 1. The van der Waals surface area contributed by atoms with Crippen molar-refractivity contribution in [3.63, 3.8) is 0 Å². The summed E-state index contributed by atoms with van der Waals surface area (Å²) in [5, 5.41) is 0.416. The molecule has 2 atom stereocenters. The Labute approximate surface area is 122 Å². The van der Waals surface area contributed by atoms with Crippen LogP contribution in [0.4, 0.5) is 0 Å². The molecule has 2 rings (SSSR count). The minimum absolute atomic E-state index is 0.0133. The quantitative estimate of drug-likeness (QED) is 0.858. The van der Waals surface area contributed by atoms with E-state index in [-0.39, 0.29) is 30.4 Å². The lowest BCUT2D eigenvalue weighted by molar-refractivity contribution is -0.146. The largest absolute Gasteiger partial charge is 0.451 e. The maximum atomic E-state index is 12.0. The van der Waals surface area contributed by atoms with Gasteiger partial charge in [-0.3, -0.25) is 4.79 Å². The normalized spacial score (nSPS) is 22.6. The van der Waals surface area contributed by atoms with E-state index in [1.807, 2.05) is 13.8 Å². The maximum absolute atomic E-state index is 12.0. The Morgan fingerprint density at radius 2 is 2.10 bits per heavy atom. The summed E-state index contributed by atoms with van der Waals surface area (Å²) >= 11 is 5.69. The van der Waals surface area contributed by atoms with Crippen LogP contribution >= 0.6 is 11.6 Å². The number of nitrogens with zero attached hydrogens (tertiary/aromatic N) is 1. The third kappa shape index (κ3) is 3.74. The second-order valence-electron chi connectivity index (χ2n) is 4.86. The number of ether oxygens (including phenoxy) is 2. The van der Waals surface area contributed by atoms with Gasteiger partial charge in [-0.25, -0.2) is 4.79 Å². The molecule has 2 unspecified atom stereocenters. The van der Waals surface area contributed by atoms with E-state index in [0.29, 0.717) is 18.1 Å². The zero-order valence-corrected chi connectivity index (χ0v) is 12.1. The topological polar surface area (TPSA) is 71.6 Å². The van der Waals surface area contributed by atoms with Crippen LogP contribution < -0.4 is 0 Å². The molecule has 0 saturated carbocycles. The van der Waals surface area contributed by atoms with Crippen molar-refractivity contribution < 1.29 is 19.1 Å². The molecule has 1 aromatic rings. The van der Waals surface area contributed by atoms with Crippen molar-refractivity contribution in [1.29, 1.82) is 0 Å². The number of hydrogen-bond acceptors (Lipinski definition) is 4. The first-order chi connectivity index (χ1) is 9.45. The fraction of sp³-hybridized carbons (Fsp3) is 0.538. The van der Waals surface area contributed by atoms with Crippen LogP contribution in [0.1, 0.15) is 24.3 Å². The molecule has 1 aliphatic heterocycles. The Hall–Kier alpha value is -1.53. The minimum Gasteiger partial charge on any atom is -0.451 e. The van der Waals surface area contributed by atoms with Crippen LogP contribution in [0.15, 0.2) is 12.3 Å². The molecule has 1 aliphatic rings. The van der Waals surface area contributed by atoms with E-state index in [4.69, 9.17) is 21.1 Å². The average molecular weight is 301 g/mol. The van der Waals surface area contributed by atoms with E-state index in [2.05, 4.69) is 4.98 Å². The molecule has 1 aromatic heterocycles. The molecule has 1 fully saturated rings. The van der Waals surface area contributed by atoms with Gasteiger partial charge in [-0.1, -0.05) is 11.6 Å². The van der Waals surface area contributed by atoms with Gasteiger partial charge >= 0.3 is 5.97 Å². The van der Waals surface area contributed by atoms with Gasteiger partial charge in [0.05, 0.1) is 17.2 Å². The van der Waals surface area contributed by atoms with Gasteiger partial charge in [0.15, 0.2) is 6.61 Å². The molecule has 0 bridgehead atoms. The first-order valence-electron chi connectivity index (χ1n) is 6.40. The van der Waals surface area contributed by atoms with Gasteiger partial charge in [0.2, 0.25) is 0 Å². The number of halogens is 1. The number of morpholine rings is 1. The van der Waals surface area contributed by atoms with Crippen LogP contribution in [-0.2, 0) is 14.3 Å². The van der Waals surface area contributed by atoms with Crippen molar-refractivity contribution >= 4 is 23.5 Å². The molecule has 1 saturated heterocycles. The summed E-state index contributed by atoms with van der Waals surface area (Å²) in [5.74, 6) is -0.822. The van der Waals surface area contributed by atoms with Crippen molar-refractivity contribution in [2.24, 2.45) is 0 Å². The first kappa shape index (κ1) is 14.9. The second-order valence-corrected chi connectivity index (χ2v) is 5.30. The third-order valence-corrected chi connectivity index (χ3v) is 3.18. The predicted octanol–water partition coefficient (Wildman–Crippen LogP) is 1.46. The molecule has 0 spiro atoms. The lowest BCUT2D eigenvalue weighted by Crippen LogP contribution is -2.49. The molecule has 0 aromatic carbocycles. The fourth-order valence-corrected chi connectivity index (χ4v) is 2.33. The lowest BCUT2D eigenvalue weighted by atomic mass is 10.2. The molecule has 2 heterocycles. The highest BCUT2D eigenvalue weighted by Crippen LogP contribution is 2.12. The molecule has 7 heteroatoms. The average Bonchev–Trinajstić information content (AvgIpc) is 2.81. The maximum Gasteiger partial charge on any atom is 0.355 e. The Kier molecular flexibility index (Phi) is 4.67. The van der Waals surface area contributed by atoms with Crippen LogP contribution in [0.2, 0.25) is 5.02 Å². The molecule has 110 valence electrons. The first-order valence-corrected chi connectivity index (χ1v) is 6.77. The Morgan fingerprint density at radius 1 is 1.45 bits per heavy atom. The van der Waals surface area contributed by atoms with Crippen LogP contribution in [0, 0.1) is 0 Å². The third-order valence-electron chi connectivity index (χ3n) is 2.97. The van der Waals surface area contributed by atoms with E-state index in [9.17, 15) is 9.59 Å². The standard InChI is InChI=1S/C13H17ClN2O4/c1-8-5-16(6-9(2)20-8)12(17)7-19-13(18)11-3-10(14)4-15-11/h3-4,8-9,15H,5-7H2,1-2H3. The number of carbonyl (C=O) groups excluding carboxylic acids is 2. The van der Waals surface area contributed by atoms with Gasteiger partial charge in [-0.15, -0.1) is 0 Å². The van der Waals surface area contributed by atoms with Crippen molar-refractivity contribution in [3.8, 4) is 0 Å². The summed E-state index contributed by atoms with van der Waals surface area (Å²) in [5.41, 5.74) is 0.228. The smallest absolute Gasteiger partial charge is 0.355 e. The number of aromatic nitrogens is 1. The van der Waals surface area contributed by atoms with Crippen LogP contribution in [-0.4, -0.2) is 53.7 Å². The molecule has 1 N–H and O–H groups in total. The summed E-state index contributed by atoms with van der Waals surface area (Å²) in [6.45, 7) is 4.55. The number of hydrogen-bond donors (Lipinski definition) is 1. The molecule has 20 heavy (non-hydrogen) atoms. The van der Waals surface area contributed by atoms with E-state index in [0.717, 1.165) is 0 Å². The number of aromatic amines is 1. The van der Waals surface area contributed by atoms with Crippen molar-refractivity contribution in [1.82, 2.24) is 9.88 Å². The van der Waals surface area contributed by atoms with Gasteiger partial charge in [0, 0.05) is 19.3 Å². The van der Waals surface area contributed by atoms with Gasteiger partial charge < -0.3 is 19.4 Å². The predicted molar refractivity (Wildman–Crippen MR) is 72.7 cm³/mol. The molecule has 0 aliphatic carbocycles. The highest BCUT2D eigenvalue weighted by atomic mass is 35.5. The zero-order chi connectivity index (χ0) is 14.7. The highest BCUT2D eigenvalue weighted by Gasteiger charge is 2.26. The van der Waals surface area contributed by atoms with E-state index < -0.39 is 5.97 Å². The van der Waals surface area contributed by atoms with E-state index in [1.54, 1.807) is 4.90 Å². The summed E-state index contributed by atoms with van der Waals surface area (Å²) in [7, 11) is 0. The minimum atomic E-state index is -0.598. The zero-order valence-electron chi connectivity index (χ0n) is 11.4. The number of carbonyl (C=O) groups is 2. The summed E-state index contributed by atoms with van der Waals surface area (Å²) in [6, 6.07) is 1.45. The number of H-pyrrole nitrogens is 1. The van der Waals surface area contributed by atoms with Gasteiger partial charge in [0.25, 0.3) is 5.91 Å². The van der Waals surface area contributed by atoms with Crippen LogP contribution in [0.3, 0.4) is 0 Å². The second kappa shape index (κ2) is 6.28. The van der Waals surface area contributed by atoms with Crippen LogP contribution in [0.25, 0.3) is 0 Å². The molecule has 1 amide bonds. The van der Waals surface area contributed by atoms with Crippen molar-refractivity contribution in [2.45, 2.75) is 26.1 Å². The van der Waals surface area contributed by atoms with Crippen molar-refractivity contribution in [3.05, 3.63) is 23.0 Å². The Balaban J connectivity index is 1.84. The van der Waals surface area contributed by atoms with Gasteiger partial charge in [0.1, 0.15) is 5.69 Å². The van der Waals surface area contributed by atoms with E-state index in [1.165, 1.54) is 12.3 Å². The highest BCUT2D eigenvalue weighted by molar-refractivity contribution is 6.30. The molecule has 6 nitrogen and oxygen atoms in total. The fourth-order valence-electron chi connectivity index (χ4n) is 2.16. The van der Waals surface area contributed by atoms with E-state index >= 15 is 0 Å². The monoisotopic (exact) mass is 300 g/mol. The van der Waals surface area contributed by atoms with Crippen molar-refractivity contribution in [2.75, 3.05) is 19.7 Å². The SMILES string of the molecule is CC1CN(C(=O)COC(=O)c2cc(Cl)c[nH]2)CC(C)O1. The summed E-state index contributed by atoms with van der Waals surface area (Å²) in [4.78, 5) is 28.0. The molecule has 0 radical (unpaired) electrons. The molecular weight excluding hydrogens is 284 g/mol. The lowest BCUT2D eigenvalue weighted by Gasteiger charge is -2.35. The Bertz CT molecular complexity index is 492. The number of amides is 1. The summed E-state index contributed by atoms with van der Waals surface area (Å²) < 4.78 is 10.5. The molecular formula is C13H17ClN2O4. The van der Waals surface area contributed by atoms with Gasteiger partial charge in [-0.05, 0) is 19.9 Å². The van der Waals surface area contributed by atoms with Crippen LogP contribution in [0.5, 0.6) is 0 Å². The van der Waals surface area contributed by atoms with Gasteiger partial charge in [-0.2, -0.15) is 0 Å². The number of rotatable bonds is 3. The number of nitrogens with one attached hydrogen (secondary N) is 1.